The molecule has 0 aromatic rings. The van der Waals surface area contributed by atoms with Gasteiger partial charge >= 0.3 is 0 Å². The summed E-state index contributed by atoms with van der Waals surface area (Å²) < 4.78 is 0. The van der Waals surface area contributed by atoms with Crippen LogP contribution in [0, 0.1) is 0 Å². The standard InChI is InChI=1S/C12H28N2Si/c1-10(2)13-15(5,14-11(3)4)12-8-6-7-9-12/h10-14H,6-9H2,1-5H3. The molecule has 1 aliphatic carbocycles. The van der Waals surface area contributed by atoms with E-state index in [4.69, 9.17) is 0 Å². The molecule has 0 heterocycles. The molecule has 15 heavy (non-hydrogen) atoms. The summed E-state index contributed by atoms with van der Waals surface area (Å²) in [5.74, 6) is 0. The molecule has 1 aliphatic rings. The Hall–Kier alpha value is 0.137. The summed E-state index contributed by atoms with van der Waals surface area (Å²) in [6.45, 7) is 11.5. The first-order valence-electron chi connectivity index (χ1n) is 6.49. The van der Waals surface area contributed by atoms with Crippen molar-refractivity contribution in [3.05, 3.63) is 0 Å². The minimum atomic E-state index is -1.44. The van der Waals surface area contributed by atoms with Crippen LogP contribution in [0.25, 0.3) is 0 Å². The Morgan fingerprint density at radius 2 is 1.33 bits per heavy atom. The maximum absolute atomic E-state index is 3.86. The van der Waals surface area contributed by atoms with Gasteiger partial charge in [-0.25, -0.2) is 0 Å². The van der Waals surface area contributed by atoms with Gasteiger partial charge in [0.2, 0.25) is 8.40 Å². The van der Waals surface area contributed by atoms with Crippen LogP contribution >= 0.6 is 0 Å². The van der Waals surface area contributed by atoms with Crippen LogP contribution in [0.2, 0.25) is 12.1 Å². The number of nitrogens with one attached hydrogen (secondary N) is 2. The predicted molar refractivity (Wildman–Crippen MR) is 70.4 cm³/mol. The third-order valence-corrected chi connectivity index (χ3v) is 7.91. The third kappa shape index (κ3) is 3.89. The molecule has 1 fully saturated rings. The quantitative estimate of drug-likeness (QED) is 0.707. The second-order valence-electron chi connectivity index (χ2n) is 5.78. The Labute approximate surface area is 96.4 Å². The van der Waals surface area contributed by atoms with E-state index in [1.165, 1.54) is 25.7 Å². The van der Waals surface area contributed by atoms with E-state index in [9.17, 15) is 0 Å². The molecule has 0 spiro atoms. The van der Waals surface area contributed by atoms with E-state index in [2.05, 4.69) is 44.2 Å². The molecule has 3 heteroatoms. The van der Waals surface area contributed by atoms with E-state index in [1.807, 2.05) is 0 Å². The smallest absolute Gasteiger partial charge is 0.201 e. The van der Waals surface area contributed by atoms with Crippen molar-refractivity contribution in [2.45, 2.75) is 77.6 Å². The summed E-state index contributed by atoms with van der Waals surface area (Å²) in [6.07, 6.45) is 5.74. The molecule has 90 valence electrons. The molecule has 0 radical (unpaired) electrons. The molecule has 0 atom stereocenters. The Bertz CT molecular complexity index is 176. The van der Waals surface area contributed by atoms with Crippen molar-refractivity contribution in [1.82, 2.24) is 9.96 Å². The molecule has 0 bridgehead atoms. The lowest BCUT2D eigenvalue weighted by atomic mass is 10.4. The first kappa shape index (κ1) is 13.2. The van der Waals surface area contributed by atoms with Crippen molar-refractivity contribution in [1.29, 1.82) is 0 Å². The molecular formula is C12H28N2Si. The van der Waals surface area contributed by atoms with Crippen LogP contribution in [-0.4, -0.2) is 20.5 Å². The first-order chi connectivity index (χ1) is 6.94. The van der Waals surface area contributed by atoms with Gasteiger partial charge in [-0.05, 0) is 24.2 Å². The largest absolute Gasteiger partial charge is 0.323 e. The molecule has 2 N–H and O–H groups in total. The third-order valence-electron chi connectivity index (χ3n) is 3.35. The molecule has 1 saturated carbocycles. The molecule has 2 nitrogen and oxygen atoms in total. The van der Waals surface area contributed by atoms with E-state index in [0.717, 1.165) is 5.54 Å². The molecular weight excluding hydrogens is 200 g/mol. The summed E-state index contributed by atoms with van der Waals surface area (Å²) in [4.78, 5) is 7.71. The highest BCUT2D eigenvalue weighted by Crippen LogP contribution is 2.36. The summed E-state index contributed by atoms with van der Waals surface area (Å²) in [7, 11) is -1.44. The number of hydrogen-bond acceptors (Lipinski definition) is 2. The fraction of sp³-hybridized carbons (Fsp3) is 1.00. The van der Waals surface area contributed by atoms with Gasteiger partial charge in [-0.15, -0.1) is 0 Å². The minimum absolute atomic E-state index is 0.605. The van der Waals surface area contributed by atoms with Gasteiger partial charge in [-0.3, -0.25) is 0 Å². The second kappa shape index (κ2) is 5.46. The molecule has 1 rings (SSSR count). The van der Waals surface area contributed by atoms with Gasteiger partial charge in [0.25, 0.3) is 0 Å². The Morgan fingerprint density at radius 1 is 0.933 bits per heavy atom. The summed E-state index contributed by atoms with van der Waals surface area (Å²) in [5, 5.41) is 0. The molecule has 0 saturated heterocycles. The topological polar surface area (TPSA) is 24.1 Å². The van der Waals surface area contributed by atoms with Gasteiger partial charge in [0.15, 0.2) is 0 Å². The van der Waals surface area contributed by atoms with E-state index >= 15 is 0 Å². The van der Waals surface area contributed by atoms with Gasteiger partial charge in [-0.2, -0.15) is 0 Å². The van der Waals surface area contributed by atoms with Gasteiger partial charge < -0.3 is 9.96 Å². The highest BCUT2D eigenvalue weighted by molar-refractivity contribution is 6.75. The van der Waals surface area contributed by atoms with E-state index < -0.39 is 8.40 Å². The molecule has 0 aliphatic heterocycles. The van der Waals surface area contributed by atoms with Crippen LogP contribution in [0.3, 0.4) is 0 Å². The normalized spacial score (nSPS) is 19.4. The average molecular weight is 228 g/mol. The maximum atomic E-state index is 3.86. The zero-order valence-electron chi connectivity index (χ0n) is 11.1. The predicted octanol–water partition coefficient (Wildman–Crippen LogP) is 3.00. The van der Waals surface area contributed by atoms with Crippen molar-refractivity contribution in [2.75, 3.05) is 0 Å². The van der Waals surface area contributed by atoms with Gasteiger partial charge in [0, 0.05) is 0 Å². The summed E-state index contributed by atoms with van der Waals surface area (Å²) in [5.41, 5.74) is 0.933. The van der Waals surface area contributed by atoms with Crippen LogP contribution in [-0.2, 0) is 0 Å². The van der Waals surface area contributed by atoms with E-state index in [1.54, 1.807) is 0 Å². The highest BCUT2D eigenvalue weighted by Gasteiger charge is 2.39. The lowest BCUT2D eigenvalue weighted by molar-refractivity contribution is 0.623. The van der Waals surface area contributed by atoms with Crippen molar-refractivity contribution < 1.29 is 0 Å². The molecule has 0 amide bonds. The lowest BCUT2D eigenvalue weighted by Crippen LogP contribution is -2.66. The zero-order valence-corrected chi connectivity index (χ0v) is 12.1. The van der Waals surface area contributed by atoms with Crippen LogP contribution in [0.1, 0.15) is 53.4 Å². The molecule has 0 unspecified atom stereocenters. The van der Waals surface area contributed by atoms with Crippen molar-refractivity contribution in [3.63, 3.8) is 0 Å². The van der Waals surface area contributed by atoms with Crippen LogP contribution in [0.4, 0.5) is 0 Å². The summed E-state index contributed by atoms with van der Waals surface area (Å²) in [6, 6.07) is 1.21. The number of hydrogen-bond donors (Lipinski definition) is 2. The first-order valence-corrected chi connectivity index (χ1v) is 9.07. The van der Waals surface area contributed by atoms with Crippen LogP contribution in [0.15, 0.2) is 0 Å². The Morgan fingerprint density at radius 3 is 1.67 bits per heavy atom. The van der Waals surface area contributed by atoms with Crippen LogP contribution in [0.5, 0.6) is 0 Å². The summed E-state index contributed by atoms with van der Waals surface area (Å²) >= 11 is 0. The monoisotopic (exact) mass is 228 g/mol. The maximum Gasteiger partial charge on any atom is 0.201 e. The molecule has 0 aromatic carbocycles. The van der Waals surface area contributed by atoms with Gasteiger partial charge in [0.1, 0.15) is 0 Å². The fourth-order valence-electron chi connectivity index (χ4n) is 2.98. The Kier molecular flexibility index (Phi) is 4.81. The van der Waals surface area contributed by atoms with Gasteiger partial charge in [-0.1, -0.05) is 53.4 Å². The average Bonchev–Trinajstić information content (AvgIpc) is 2.51. The fourth-order valence-corrected chi connectivity index (χ4v) is 7.50. The lowest BCUT2D eigenvalue weighted by Gasteiger charge is -2.38. The molecule has 0 aromatic heterocycles. The van der Waals surface area contributed by atoms with Gasteiger partial charge in [0.05, 0.1) is 0 Å². The minimum Gasteiger partial charge on any atom is -0.323 e. The van der Waals surface area contributed by atoms with Crippen LogP contribution < -0.4 is 9.96 Å². The van der Waals surface area contributed by atoms with Crippen molar-refractivity contribution >= 4 is 8.40 Å². The van der Waals surface area contributed by atoms with Crippen molar-refractivity contribution in [2.24, 2.45) is 0 Å². The van der Waals surface area contributed by atoms with Crippen molar-refractivity contribution in [3.8, 4) is 0 Å². The zero-order chi connectivity index (χ0) is 11.5. The Balaban J connectivity index is 2.65. The highest BCUT2D eigenvalue weighted by atomic mass is 28.3. The SMILES string of the molecule is CC(C)N[Si](C)(NC(C)C)C1CCCC1. The second-order valence-corrected chi connectivity index (χ2v) is 9.58. The number of rotatable bonds is 5. The van der Waals surface area contributed by atoms with E-state index in [0.29, 0.717) is 12.1 Å². The van der Waals surface area contributed by atoms with E-state index in [-0.39, 0.29) is 0 Å².